The van der Waals surface area contributed by atoms with Gasteiger partial charge in [-0.15, -0.1) is 15.5 Å². The van der Waals surface area contributed by atoms with E-state index in [0.717, 1.165) is 0 Å². The lowest BCUT2D eigenvalue weighted by Crippen LogP contribution is -2.07. The van der Waals surface area contributed by atoms with Crippen LogP contribution in [0.5, 0.6) is 0 Å². The number of hydrogen-bond donors (Lipinski definition) is 0. The Labute approximate surface area is 85.0 Å². The van der Waals surface area contributed by atoms with Crippen molar-refractivity contribution >= 4 is 25.4 Å². The Bertz CT molecular complexity index is 416. The highest BCUT2D eigenvalue weighted by atomic mass is 35.7. The number of nitrogens with zero attached hydrogens (tertiary/aromatic N) is 2. The summed E-state index contributed by atoms with van der Waals surface area (Å²) in [5, 5.41) is 8.13. The zero-order valence-electron chi connectivity index (χ0n) is 6.74. The molecule has 0 saturated carbocycles. The third-order valence-corrected chi connectivity index (χ3v) is 2.83. The molecule has 0 aromatic carbocycles. The van der Waals surface area contributed by atoms with Crippen LogP contribution in [0.15, 0.2) is 23.4 Å². The zero-order valence-corrected chi connectivity index (χ0v) is 8.31. The van der Waals surface area contributed by atoms with Gasteiger partial charge in [-0.25, -0.2) is 4.98 Å². The van der Waals surface area contributed by atoms with Crippen molar-refractivity contribution in [2.75, 3.05) is 0 Å². The van der Waals surface area contributed by atoms with Gasteiger partial charge in [0.1, 0.15) is 6.20 Å². The molecule has 1 aromatic rings. The molecule has 4 nitrogen and oxygen atoms in total. The number of rotatable bonds is 2. The van der Waals surface area contributed by atoms with Crippen LogP contribution in [-0.2, 0) is 0 Å². The summed E-state index contributed by atoms with van der Waals surface area (Å²) in [6.45, 7) is 0. The second-order valence-corrected chi connectivity index (χ2v) is 6.80. The molecule has 0 aliphatic rings. The first kappa shape index (κ1) is 12.0. The maximum Gasteiger partial charge on any atom is 0.287 e. The molecule has 1 heterocycles. The average Bonchev–Trinajstić information content (AvgIpc) is 2.00. The molecule has 0 aliphatic carbocycles. The van der Waals surface area contributed by atoms with Crippen LogP contribution in [0.2, 0.25) is 0 Å². The van der Waals surface area contributed by atoms with Gasteiger partial charge in [-0.3, -0.25) is 10.1 Å². The molecule has 86 valence electrons. The highest BCUT2D eigenvalue weighted by Gasteiger charge is 2.64. The Morgan fingerprint density at radius 2 is 1.87 bits per heavy atom. The van der Waals surface area contributed by atoms with Crippen LogP contribution in [-0.4, -0.2) is 9.91 Å². The predicted molar refractivity (Wildman–Crippen MR) is 47.0 cm³/mol. The minimum atomic E-state index is -8.85. The summed E-state index contributed by atoms with van der Waals surface area (Å²) in [5.74, 6) is 0. The molecule has 1 rings (SSSR count). The standard InChI is InChI=1S/C5H3ClF4N2O2S/c6-15(7,8,9,10)5-2-1-4(3-11-5)12(13)14/h1-3H. The fraction of sp³-hybridized carbons (Fsp3) is 0. The van der Waals surface area contributed by atoms with Crippen LogP contribution in [0, 0.1) is 10.1 Å². The smallest absolute Gasteiger partial charge is 0.258 e. The fourth-order valence-corrected chi connectivity index (χ4v) is 1.56. The van der Waals surface area contributed by atoms with Crippen molar-refractivity contribution in [1.29, 1.82) is 0 Å². The van der Waals surface area contributed by atoms with Crippen LogP contribution in [0.3, 0.4) is 0 Å². The molecule has 1 aromatic heterocycles. The van der Waals surface area contributed by atoms with E-state index < -0.39 is 24.7 Å². The first-order valence-corrected chi connectivity index (χ1v) is 6.12. The van der Waals surface area contributed by atoms with Gasteiger partial charge in [-0.1, -0.05) is 0 Å². The summed E-state index contributed by atoms with van der Waals surface area (Å²) in [6, 6.07) is 0.607. The number of pyridine rings is 1. The molecule has 0 radical (unpaired) electrons. The highest BCUT2D eigenvalue weighted by molar-refractivity contribution is 8.65. The maximum absolute atomic E-state index is 12.5. The van der Waals surface area contributed by atoms with Crippen molar-refractivity contribution in [3.8, 4) is 0 Å². The van der Waals surface area contributed by atoms with Crippen molar-refractivity contribution < 1.29 is 20.5 Å². The van der Waals surface area contributed by atoms with Crippen molar-refractivity contribution in [3.05, 3.63) is 28.4 Å². The number of hydrogen-bond acceptors (Lipinski definition) is 3. The first-order valence-electron chi connectivity index (χ1n) is 3.25. The maximum atomic E-state index is 12.5. The van der Waals surface area contributed by atoms with Crippen LogP contribution in [0.1, 0.15) is 0 Å². The Morgan fingerprint density at radius 3 is 2.13 bits per heavy atom. The van der Waals surface area contributed by atoms with E-state index in [0.29, 0.717) is 6.07 Å². The molecule has 15 heavy (non-hydrogen) atoms. The molecule has 0 bridgehead atoms. The van der Waals surface area contributed by atoms with Crippen LogP contribution < -0.4 is 0 Å². The molecule has 10 heteroatoms. The Balaban J connectivity index is 3.29. The van der Waals surface area contributed by atoms with Gasteiger partial charge in [0.2, 0.25) is 0 Å². The summed E-state index contributed by atoms with van der Waals surface area (Å²) >= 11 is 0. The average molecular weight is 267 g/mol. The Morgan fingerprint density at radius 1 is 1.33 bits per heavy atom. The molecule has 0 fully saturated rings. The van der Waals surface area contributed by atoms with Crippen molar-refractivity contribution in [1.82, 2.24) is 4.98 Å². The summed E-state index contributed by atoms with van der Waals surface area (Å²) in [6.07, 6.45) is 0.288. The van der Waals surface area contributed by atoms with E-state index in [-0.39, 0.29) is 12.3 Å². The van der Waals surface area contributed by atoms with Gasteiger partial charge in [0.25, 0.3) is 14.7 Å². The quantitative estimate of drug-likeness (QED) is 0.463. The second kappa shape index (κ2) is 2.53. The van der Waals surface area contributed by atoms with Gasteiger partial charge < -0.3 is 0 Å². The lowest BCUT2D eigenvalue weighted by Gasteiger charge is -2.41. The van der Waals surface area contributed by atoms with E-state index in [9.17, 15) is 25.7 Å². The minimum absolute atomic E-state index is 0.132. The van der Waals surface area contributed by atoms with Crippen LogP contribution in [0.4, 0.5) is 21.2 Å². The predicted octanol–water partition coefficient (Wildman–Crippen LogP) is 3.92. The van der Waals surface area contributed by atoms with Crippen molar-refractivity contribution in [2.45, 2.75) is 5.03 Å². The van der Waals surface area contributed by atoms with Crippen molar-refractivity contribution in [2.24, 2.45) is 0 Å². The second-order valence-electron chi connectivity index (χ2n) is 2.58. The molecule has 0 amide bonds. The summed E-state index contributed by atoms with van der Waals surface area (Å²) in [7, 11) is -4.93. The molecule has 0 N–H and O–H groups in total. The molecular weight excluding hydrogens is 264 g/mol. The monoisotopic (exact) mass is 266 g/mol. The van der Waals surface area contributed by atoms with E-state index in [1.165, 1.54) is 0 Å². The van der Waals surface area contributed by atoms with E-state index in [1.54, 1.807) is 0 Å². The Hall–Kier alpha value is -1.09. The summed E-state index contributed by atoms with van der Waals surface area (Å²) < 4.78 is 49.9. The van der Waals surface area contributed by atoms with E-state index in [1.807, 2.05) is 0 Å². The molecule has 0 aliphatic heterocycles. The van der Waals surface area contributed by atoms with Gasteiger partial charge in [0.05, 0.1) is 4.92 Å². The minimum Gasteiger partial charge on any atom is -0.258 e. The first-order chi connectivity index (χ1) is 6.40. The lowest BCUT2D eigenvalue weighted by atomic mass is 10.4. The van der Waals surface area contributed by atoms with Gasteiger partial charge >= 0.3 is 0 Å². The third-order valence-electron chi connectivity index (χ3n) is 1.33. The Kier molecular flexibility index (Phi) is 2.02. The normalized spacial score (nSPS) is 16.6. The largest absolute Gasteiger partial charge is 0.287 e. The SMILES string of the molecule is O=[N+]([O-])c1ccc(S(F)(F)(F)(F)Cl)nc1. The molecule has 0 unspecified atom stereocenters. The molecular formula is C5H3ClF4N2O2S. The van der Waals surface area contributed by atoms with Gasteiger partial charge in [0.15, 0.2) is 5.03 Å². The van der Waals surface area contributed by atoms with Crippen molar-refractivity contribution in [3.63, 3.8) is 0 Å². The summed E-state index contributed by atoms with van der Waals surface area (Å²) in [5.41, 5.74) is -0.683. The zero-order chi connectivity index (χ0) is 12.0. The number of aromatic nitrogens is 1. The fourth-order valence-electron chi connectivity index (χ4n) is 0.709. The topological polar surface area (TPSA) is 56.0 Å². The van der Waals surface area contributed by atoms with E-state index in [2.05, 4.69) is 15.7 Å². The summed E-state index contributed by atoms with van der Waals surface area (Å²) in [4.78, 5) is 11.7. The highest BCUT2D eigenvalue weighted by Crippen LogP contribution is 3.03. The number of nitro groups is 1. The van der Waals surface area contributed by atoms with Crippen LogP contribution in [0.25, 0.3) is 0 Å². The van der Waals surface area contributed by atoms with Gasteiger partial charge in [-0.05, 0) is 6.07 Å². The molecule has 0 spiro atoms. The van der Waals surface area contributed by atoms with Gasteiger partial charge in [-0.2, -0.15) is 0 Å². The van der Waals surface area contributed by atoms with E-state index >= 15 is 0 Å². The van der Waals surface area contributed by atoms with Crippen LogP contribution >= 0.6 is 19.7 Å². The van der Waals surface area contributed by atoms with E-state index in [4.69, 9.17) is 0 Å². The van der Waals surface area contributed by atoms with Gasteiger partial charge in [0, 0.05) is 16.7 Å². The molecule has 0 atom stereocenters. The molecule has 0 saturated heterocycles. The lowest BCUT2D eigenvalue weighted by molar-refractivity contribution is -0.385. The third kappa shape index (κ3) is 2.93. The number of halogens is 5.